The highest BCUT2D eigenvalue weighted by Crippen LogP contribution is 2.20. The zero-order valence-electron chi connectivity index (χ0n) is 10.7. The molecule has 0 N–H and O–H groups in total. The number of hydrogen-bond donors (Lipinski definition) is 0. The first-order chi connectivity index (χ1) is 9.08. The summed E-state index contributed by atoms with van der Waals surface area (Å²) in [5.41, 5.74) is 0.375. The van der Waals surface area contributed by atoms with Gasteiger partial charge in [-0.2, -0.15) is 0 Å². The molecule has 1 amide bonds. The molecule has 0 aromatic carbocycles. The highest BCUT2D eigenvalue weighted by molar-refractivity contribution is 6.35. The highest BCUT2D eigenvalue weighted by atomic mass is 35.5. The van der Waals surface area contributed by atoms with Gasteiger partial charge in [0.25, 0.3) is 5.91 Å². The van der Waals surface area contributed by atoms with Crippen LogP contribution in [0.2, 0.25) is 10.2 Å². The Bertz CT molecular complexity index is 462. The van der Waals surface area contributed by atoms with Crippen molar-refractivity contribution in [1.82, 2.24) is 9.88 Å². The third-order valence-electron chi connectivity index (χ3n) is 3.15. The minimum Gasteiger partial charge on any atom is -0.376 e. The monoisotopic (exact) mass is 302 g/mol. The molecule has 1 saturated heterocycles. The number of aromatic nitrogens is 1. The van der Waals surface area contributed by atoms with E-state index < -0.39 is 0 Å². The van der Waals surface area contributed by atoms with Gasteiger partial charge in [0.2, 0.25) is 0 Å². The van der Waals surface area contributed by atoms with Gasteiger partial charge in [0.15, 0.2) is 0 Å². The van der Waals surface area contributed by atoms with Crippen LogP contribution in [-0.2, 0) is 4.74 Å². The Morgan fingerprint density at radius 2 is 2.32 bits per heavy atom. The quantitative estimate of drug-likeness (QED) is 0.806. The lowest BCUT2D eigenvalue weighted by molar-refractivity contribution is -0.000186. The first kappa shape index (κ1) is 14.6. The summed E-state index contributed by atoms with van der Waals surface area (Å²) < 4.78 is 5.62. The van der Waals surface area contributed by atoms with Gasteiger partial charge in [-0.15, -0.1) is 0 Å². The van der Waals surface area contributed by atoms with Crippen LogP contribution in [0.1, 0.15) is 29.6 Å². The van der Waals surface area contributed by atoms with E-state index in [1.54, 1.807) is 11.9 Å². The van der Waals surface area contributed by atoms with E-state index >= 15 is 0 Å². The topological polar surface area (TPSA) is 42.4 Å². The Morgan fingerprint density at radius 3 is 3.00 bits per heavy atom. The van der Waals surface area contributed by atoms with Gasteiger partial charge in [0, 0.05) is 26.4 Å². The summed E-state index contributed by atoms with van der Waals surface area (Å²) in [6, 6.07) is 1.49. The van der Waals surface area contributed by atoms with Crippen molar-refractivity contribution in [2.45, 2.75) is 25.4 Å². The van der Waals surface area contributed by atoms with Crippen molar-refractivity contribution in [3.63, 3.8) is 0 Å². The van der Waals surface area contributed by atoms with Crippen molar-refractivity contribution in [2.75, 3.05) is 20.2 Å². The Hall–Kier alpha value is -0.840. The van der Waals surface area contributed by atoms with Gasteiger partial charge in [-0.1, -0.05) is 23.2 Å². The lowest BCUT2D eigenvalue weighted by Gasteiger charge is -2.27. The Balaban J connectivity index is 2.03. The smallest absolute Gasteiger partial charge is 0.255 e. The van der Waals surface area contributed by atoms with Gasteiger partial charge < -0.3 is 9.64 Å². The van der Waals surface area contributed by atoms with Gasteiger partial charge in [-0.25, -0.2) is 4.98 Å². The molecule has 1 aliphatic rings. The van der Waals surface area contributed by atoms with Gasteiger partial charge in [-0.3, -0.25) is 4.79 Å². The average molecular weight is 303 g/mol. The number of nitrogens with zero attached hydrogens (tertiary/aromatic N) is 2. The molecule has 0 spiro atoms. The molecule has 0 bridgehead atoms. The van der Waals surface area contributed by atoms with Gasteiger partial charge in [-0.05, 0) is 25.3 Å². The third-order valence-corrected chi connectivity index (χ3v) is 3.66. The molecule has 0 aliphatic carbocycles. The molecule has 104 valence electrons. The second-order valence-corrected chi connectivity index (χ2v) is 5.46. The molecule has 2 rings (SSSR count). The summed E-state index contributed by atoms with van der Waals surface area (Å²) in [5.74, 6) is -0.163. The number of likely N-dealkylation sites (N-methyl/N-ethyl adjacent to an activating group) is 1. The predicted molar refractivity (Wildman–Crippen MR) is 74.8 cm³/mol. The standard InChI is InChI=1S/C13H16Cl2N2O2/c1-17(8-9-4-2-3-5-19-9)13(18)10-6-12(15)16-7-11(10)14/h6-7,9H,2-5,8H2,1H3. The largest absolute Gasteiger partial charge is 0.376 e. The molecule has 1 aliphatic heterocycles. The van der Waals surface area contributed by atoms with E-state index in [0.717, 1.165) is 25.9 Å². The molecule has 1 unspecified atom stereocenters. The van der Waals surface area contributed by atoms with Gasteiger partial charge >= 0.3 is 0 Å². The number of hydrogen-bond acceptors (Lipinski definition) is 3. The number of pyridine rings is 1. The van der Waals surface area contributed by atoms with E-state index in [1.165, 1.54) is 12.3 Å². The van der Waals surface area contributed by atoms with Crippen LogP contribution in [0.3, 0.4) is 0 Å². The van der Waals surface area contributed by atoms with Crippen LogP contribution in [0.4, 0.5) is 0 Å². The zero-order valence-corrected chi connectivity index (χ0v) is 12.2. The van der Waals surface area contributed by atoms with Crippen LogP contribution < -0.4 is 0 Å². The molecule has 2 heterocycles. The third kappa shape index (κ3) is 3.81. The van der Waals surface area contributed by atoms with Crippen LogP contribution in [0.15, 0.2) is 12.3 Å². The fraction of sp³-hybridized carbons (Fsp3) is 0.538. The van der Waals surface area contributed by atoms with E-state index in [2.05, 4.69) is 4.98 Å². The normalized spacial score (nSPS) is 19.2. The van der Waals surface area contributed by atoms with E-state index in [-0.39, 0.29) is 17.2 Å². The lowest BCUT2D eigenvalue weighted by Crippen LogP contribution is -2.37. The summed E-state index contributed by atoms with van der Waals surface area (Å²) in [6.07, 6.45) is 4.73. The first-order valence-electron chi connectivity index (χ1n) is 6.26. The molecule has 1 atom stereocenters. The SMILES string of the molecule is CN(CC1CCCCO1)C(=O)c1cc(Cl)ncc1Cl. The molecule has 0 radical (unpaired) electrons. The maximum absolute atomic E-state index is 12.3. The van der Waals surface area contributed by atoms with Crippen molar-refractivity contribution in [3.8, 4) is 0 Å². The Kier molecular flexibility index (Phi) is 5.02. The molecular weight excluding hydrogens is 287 g/mol. The van der Waals surface area contributed by atoms with E-state index in [9.17, 15) is 4.79 Å². The van der Waals surface area contributed by atoms with E-state index in [0.29, 0.717) is 17.1 Å². The predicted octanol–water partition coefficient (Wildman–Crippen LogP) is 3.03. The minimum absolute atomic E-state index is 0.110. The Morgan fingerprint density at radius 1 is 1.53 bits per heavy atom. The van der Waals surface area contributed by atoms with Crippen molar-refractivity contribution >= 4 is 29.1 Å². The average Bonchev–Trinajstić information content (AvgIpc) is 2.42. The molecular formula is C13H16Cl2N2O2. The van der Waals surface area contributed by atoms with E-state index in [1.807, 2.05) is 0 Å². The van der Waals surface area contributed by atoms with Crippen molar-refractivity contribution in [1.29, 1.82) is 0 Å². The minimum atomic E-state index is -0.163. The molecule has 4 nitrogen and oxygen atoms in total. The maximum atomic E-state index is 12.3. The summed E-state index contributed by atoms with van der Waals surface area (Å²) in [7, 11) is 1.74. The summed E-state index contributed by atoms with van der Waals surface area (Å²) in [4.78, 5) is 17.7. The number of halogens is 2. The zero-order chi connectivity index (χ0) is 13.8. The molecule has 1 aromatic rings. The molecule has 6 heteroatoms. The van der Waals surface area contributed by atoms with Crippen LogP contribution in [0.25, 0.3) is 0 Å². The lowest BCUT2D eigenvalue weighted by atomic mass is 10.1. The summed E-state index contributed by atoms with van der Waals surface area (Å²) in [5, 5.41) is 0.570. The molecule has 0 saturated carbocycles. The van der Waals surface area contributed by atoms with E-state index in [4.69, 9.17) is 27.9 Å². The van der Waals surface area contributed by atoms with Crippen LogP contribution in [0.5, 0.6) is 0 Å². The number of rotatable bonds is 3. The van der Waals surface area contributed by atoms with Gasteiger partial charge in [0.1, 0.15) is 5.15 Å². The van der Waals surface area contributed by atoms with Crippen LogP contribution >= 0.6 is 23.2 Å². The number of ether oxygens (including phenoxy) is 1. The molecule has 19 heavy (non-hydrogen) atoms. The fourth-order valence-electron chi connectivity index (χ4n) is 2.12. The van der Waals surface area contributed by atoms with Crippen molar-refractivity contribution in [3.05, 3.63) is 28.0 Å². The molecule has 1 aromatic heterocycles. The number of carbonyl (C=O) groups excluding carboxylic acids is 1. The maximum Gasteiger partial charge on any atom is 0.255 e. The second kappa shape index (κ2) is 6.55. The molecule has 1 fully saturated rings. The number of carbonyl (C=O) groups is 1. The van der Waals surface area contributed by atoms with Crippen molar-refractivity contribution < 1.29 is 9.53 Å². The van der Waals surface area contributed by atoms with Crippen LogP contribution in [0, 0.1) is 0 Å². The highest BCUT2D eigenvalue weighted by Gasteiger charge is 2.21. The Labute approximate surface area is 122 Å². The van der Waals surface area contributed by atoms with Crippen molar-refractivity contribution in [2.24, 2.45) is 0 Å². The second-order valence-electron chi connectivity index (χ2n) is 4.66. The van der Waals surface area contributed by atoms with Crippen LogP contribution in [-0.4, -0.2) is 42.1 Å². The summed E-state index contributed by atoms with van der Waals surface area (Å²) in [6.45, 7) is 1.34. The fourth-order valence-corrected chi connectivity index (χ4v) is 2.46. The first-order valence-corrected chi connectivity index (χ1v) is 7.01. The van der Waals surface area contributed by atoms with Gasteiger partial charge in [0.05, 0.1) is 16.7 Å². The summed E-state index contributed by atoms with van der Waals surface area (Å²) >= 11 is 11.8. The number of amides is 1.